The summed E-state index contributed by atoms with van der Waals surface area (Å²) in [4.78, 5) is 4.58. The van der Waals surface area contributed by atoms with Crippen LogP contribution in [0.5, 0.6) is 17.2 Å². The maximum atomic E-state index is 6.07. The van der Waals surface area contributed by atoms with E-state index in [-0.39, 0.29) is 0 Å². The number of methoxy groups -OCH3 is 1. The second-order valence-corrected chi connectivity index (χ2v) is 7.51. The number of hydrogen-bond donors (Lipinski definition) is 1. The molecular formula is C25H29N3O3. The normalized spacial score (nSPS) is 13.9. The predicted octanol–water partition coefficient (Wildman–Crippen LogP) is 4.60. The molecule has 6 nitrogen and oxygen atoms in total. The summed E-state index contributed by atoms with van der Waals surface area (Å²) in [6.07, 6.45) is 0. The Labute approximate surface area is 184 Å². The van der Waals surface area contributed by atoms with Gasteiger partial charge in [-0.2, -0.15) is 0 Å². The summed E-state index contributed by atoms with van der Waals surface area (Å²) >= 11 is 0. The van der Waals surface area contributed by atoms with Gasteiger partial charge >= 0.3 is 0 Å². The Balaban J connectivity index is 1.54. The molecule has 0 bridgehead atoms. The molecule has 0 spiro atoms. The number of rotatable bonds is 8. The molecule has 0 unspecified atom stereocenters. The zero-order valence-corrected chi connectivity index (χ0v) is 18.1. The number of hydrogen-bond acceptors (Lipinski definition) is 6. The molecule has 1 heterocycles. The van der Waals surface area contributed by atoms with E-state index in [0.29, 0.717) is 24.7 Å². The van der Waals surface area contributed by atoms with Crippen LogP contribution < -0.4 is 24.6 Å². The SMILES string of the molecule is COCCOc1cc(N2CNCN(c3ccc(C)cc3)C2)ccc1Oc1ccccc1. The number of benzene rings is 3. The molecule has 1 N–H and O–H groups in total. The molecule has 31 heavy (non-hydrogen) atoms. The van der Waals surface area contributed by atoms with Gasteiger partial charge in [0, 0.05) is 24.6 Å². The van der Waals surface area contributed by atoms with Crippen LogP contribution in [0.15, 0.2) is 72.8 Å². The monoisotopic (exact) mass is 419 g/mol. The Morgan fingerprint density at radius 3 is 2.26 bits per heavy atom. The van der Waals surface area contributed by atoms with Gasteiger partial charge in [0.15, 0.2) is 11.5 Å². The van der Waals surface area contributed by atoms with Crippen molar-refractivity contribution in [2.75, 3.05) is 50.1 Å². The van der Waals surface area contributed by atoms with Gasteiger partial charge in [-0.3, -0.25) is 5.32 Å². The topological polar surface area (TPSA) is 46.2 Å². The van der Waals surface area contributed by atoms with Crippen LogP contribution in [0.2, 0.25) is 0 Å². The van der Waals surface area contributed by atoms with E-state index in [2.05, 4.69) is 52.4 Å². The number of ether oxygens (including phenoxy) is 3. The third-order valence-corrected chi connectivity index (χ3v) is 5.15. The first-order chi connectivity index (χ1) is 15.2. The molecule has 4 rings (SSSR count). The van der Waals surface area contributed by atoms with Crippen molar-refractivity contribution in [1.82, 2.24) is 5.32 Å². The van der Waals surface area contributed by atoms with Crippen LogP contribution in [0, 0.1) is 6.92 Å². The molecule has 0 atom stereocenters. The van der Waals surface area contributed by atoms with Crippen molar-refractivity contribution >= 4 is 11.4 Å². The quantitative estimate of drug-likeness (QED) is 0.539. The van der Waals surface area contributed by atoms with Crippen molar-refractivity contribution in [3.05, 3.63) is 78.4 Å². The summed E-state index contributed by atoms with van der Waals surface area (Å²) in [5.74, 6) is 2.16. The zero-order valence-electron chi connectivity index (χ0n) is 18.1. The smallest absolute Gasteiger partial charge is 0.169 e. The lowest BCUT2D eigenvalue weighted by molar-refractivity contribution is 0.144. The molecule has 3 aromatic carbocycles. The lowest BCUT2D eigenvalue weighted by Crippen LogP contribution is -2.53. The summed E-state index contributed by atoms with van der Waals surface area (Å²) in [6, 6.07) is 24.4. The van der Waals surface area contributed by atoms with Gasteiger partial charge in [-0.1, -0.05) is 35.9 Å². The van der Waals surface area contributed by atoms with E-state index in [1.807, 2.05) is 42.5 Å². The van der Waals surface area contributed by atoms with E-state index >= 15 is 0 Å². The van der Waals surface area contributed by atoms with Gasteiger partial charge in [0.1, 0.15) is 12.4 Å². The first-order valence-corrected chi connectivity index (χ1v) is 10.5. The highest BCUT2D eigenvalue weighted by atomic mass is 16.5. The van der Waals surface area contributed by atoms with Crippen LogP contribution in [0.3, 0.4) is 0 Å². The van der Waals surface area contributed by atoms with Gasteiger partial charge in [-0.25, -0.2) is 0 Å². The number of anilines is 2. The molecule has 0 aliphatic carbocycles. The molecule has 1 aliphatic heterocycles. The summed E-state index contributed by atoms with van der Waals surface area (Å²) in [5.41, 5.74) is 3.53. The summed E-state index contributed by atoms with van der Waals surface area (Å²) in [6.45, 7) is 5.44. The third kappa shape index (κ3) is 5.48. The number of nitrogens with one attached hydrogen (secondary N) is 1. The zero-order chi connectivity index (χ0) is 21.5. The summed E-state index contributed by atoms with van der Waals surface area (Å²) in [5, 5.41) is 3.48. The highest BCUT2D eigenvalue weighted by molar-refractivity contribution is 5.59. The Bertz CT molecular complexity index is 964. The van der Waals surface area contributed by atoms with E-state index in [9.17, 15) is 0 Å². The standard InChI is InChI=1S/C25H29N3O3/c1-20-8-10-21(11-9-20)27-17-26-18-28(19-27)22-12-13-24(25(16-22)30-15-14-29-2)31-23-6-4-3-5-7-23/h3-13,16,26H,14-15,17-19H2,1-2H3. The molecule has 162 valence electrons. The third-order valence-electron chi connectivity index (χ3n) is 5.15. The molecule has 0 saturated carbocycles. The maximum absolute atomic E-state index is 6.07. The average Bonchev–Trinajstić information content (AvgIpc) is 2.81. The highest BCUT2D eigenvalue weighted by Gasteiger charge is 2.19. The molecule has 6 heteroatoms. The van der Waals surface area contributed by atoms with Crippen molar-refractivity contribution in [1.29, 1.82) is 0 Å². The molecular weight excluding hydrogens is 390 g/mol. The Morgan fingerprint density at radius 2 is 1.52 bits per heavy atom. The fraction of sp³-hybridized carbons (Fsp3) is 0.280. The van der Waals surface area contributed by atoms with Crippen LogP contribution in [-0.4, -0.2) is 40.3 Å². The molecule has 0 amide bonds. The molecule has 1 fully saturated rings. The molecule has 3 aromatic rings. The molecule has 1 aliphatic rings. The first-order valence-electron chi connectivity index (χ1n) is 10.5. The van der Waals surface area contributed by atoms with Crippen LogP contribution in [-0.2, 0) is 4.74 Å². The van der Waals surface area contributed by atoms with Crippen molar-refractivity contribution in [3.8, 4) is 17.2 Å². The minimum Gasteiger partial charge on any atom is -0.487 e. The predicted molar refractivity (Wildman–Crippen MR) is 124 cm³/mol. The van der Waals surface area contributed by atoms with Crippen molar-refractivity contribution < 1.29 is 14.2 Å². The van der Waals surface area contributed by atoms with Crippen molar-refractivity contribution in [3.63, 3.8) is 0 Å². The van der Waals surface area contributed by atoms with E-state index in [1.165, 1.54) is 11.3 Å². The highest BCUT2D eigenvalue weighted by Crippen LogP contribution is 2.35. The van der Waals surface area contributed by atoms with Gasteiger partial charge < -0.3 is 24.0 Å². The number of para-hydroxylation sites is 1. The second-order valence-electron chi connectivity index (χ2n) is 7.51. The van der Waals surface area contributed by atoms with Crippen LogP contribution >= 0.6 is 0 Å². The molecule has 1 saturated heterocycles. The Hall–Kier alpha value is -3.22. The number of aryl methyl sites for hydroxylation is 1. The first kappa shape index (κ1) is 21.0. The van der Waals surface area contributed by atoms with Crippen LogP contribution in [0.1, 0.15) is 5.56 Å². The number of nitrogens with zero attached hydrogens (tertiary/aromatic N) is 2. The van der Waals surface area contributed by atoms with Gasteiger partial charge in [0.2, 0.25) is 0 Å². The van der Waals surface area contributed by atoms with Crippen molar-refractivity contribution in [2.24, 2.45) is 0 Å². The molecule has 0 aromatic heterocycles. The minimum atomic E-state index is 0.457. The lowest BCUT2D eigenvalue weighted by Gasteiger charge is -2.39. The van der Waals surface area contributed by atoms with E-state index in [1.54, 1.807) is 7.11 Å². The van der Waals surface area contributed by atoms with E-state index < -0.39 is 0 Å². The summed E-state index contributed by atoms with van der Waals surface area (Å²) < 4.78 is 17.2. The Kier molecular flexibility index (Phi) is 6.92. The second kappa shape index (κ2) is 10.2. The van der Waals surface area contributed by atoms with Gasteiger partial charge in [-0.15, -0.1) is 0 Å². The fourth-order valence-electron chi connectivity index (χ4n) is 3.47. The largest absolute Gasteiger partial charge is 0.487 e. The van der Waals surface area contributed by atoms with E-state index in [4.69, 9.17) is 14.2 Å². The van der Waals surface area contributed by atoms with Crippen LogP contribution in [0.4, 0.5) is 11.4 Å². The van der Waals surface area contributed by atoms with Crippen molar-refractivity contribution in [2.45, 2.75) is 6.92 Å². The maximum Gasteiger partial charge on any atom is 0.169 e. The average molecular weight is 420 g/mol. The van der Waals surface area contributed by atoms with Gasteiger partial charge in [-0.05, 0) is 43.3 Å². The van der Waals surface area contributed by atoms with Gasteiger partial charge in [0.05, 0.1) is 26.6 Å². The van der Waals surface area contributed by atoms with Gasteiger partial charge in [0.25, 0.3) is 0 Å². The lowest BCUT2D eigenvalue weighted by atomic mass is 10.2. The fourth-order valence-corrected chi connectivity index (χ4v) is 3.47. The van der Waals surface area contributed by atoms with E-state index in [0.717, 1.165) is 31.4 Å². The van der Waals surface area contributed by atoms with Crippen LogP contribution in [0.25, 0.3) is 0 Å². The molecule has 0 radical (unpaired) electrons. The summed E-state index contributed by atoms with van der Waals surface area (Å²) in [7, 11) is 1.67. The minimum absolute atomic E-state index is 0.457. The Morgan fingerprint density at radius 1 is 0.806 bits per heavy atom.